The Bertz CT molecular complexity index is 944. The third kappa shape index (κ3) is 5.31. The van der Waals surface area contributed by atoms with Gasteiger partial charge in [0, 0.05) is 30.4 Å². The van der Waals surface area contributed by atoms with Gasteiger partial charge in [-0.3, -0.25) is 9.78 Å². The Morgan fingerprint density at radius 3 is 2.52 bits per heavy atom. The number of aromatic nitrogens is 1. The van der Waals surface area contributed by atoms with Gasteiger partial charge in [0.15, 0.2) is 5.78 Å². The fourth-order valence-corrected chi connectivity index (χ4v) is 5.45. The molecule has 0 saturated heterocycles. The summed E-state index contributed by atoms with van der Waals surface area (Å²) in [5.41, 5.74) is -0.572. The summed E-state index contributed by atoms with van der Waals surface area (Å²) in [5, 5.41) is 12.0. The van der Waals surface area contributed by atoms with Gasteiger partial charge in [-0.05, 0) is 47.6 Å². The SMILES string of the molecule is CCC(C)(C)C(c1ccc(Cl)cc1F)C(C(=O)C1(OC)CCCCC1)C(O)c1cccnc1. The van der Waals surface area contributed by atoms with Crippen LogP contribution >= 0.6 is 11.6 Å². The number of aliphatic hydroxyl groups excluding tert-OH is 1. The van der Waals surface area contributed by atoms with Crippen LogP contribution in [0.3, 0.4) is 0 Å². The third-order valence-corrected chi connectivity index (χ3v) is 7.81. The second-order valence-electron chi connectivity index (χ2n) is 9.87. The Labute approximate surface area is 201 Å². The maximum Gasteiger partial charge on any atom is 0.171 e. The number of ether oxygens (including phenoxy) is 1. The van der Waals surface area contributed by atoms with E-state index in [9.17, 15) is 9.90 Å². The van der Waals surface area contributed by atoms with Crippen LogP contribution in [-0.2, 0) is 9.53 Å². The Balaban J connectivity index is 2.22. The number of rotatable bonds is 9. The summed E-state index contributed by atoms with van der Waals surface area (Å²) in [6.45, 7) is 6.05. The van der Waals surface area contributed by atoms with Crippen LogP contribution in [0.1, 0.15) is 82.4 Å². The fraction of sp³-hybridized carbons (Fsp3) is 0.556. The van der Waals surface area contributed by atoms with Crippen molar-refractivity contribution < 1.29 is 19.0 Å². The standard InChI is InChI=1S/C27H35ClFNO3/c1-5-26(2,3)23(20-12-11-19(28)16-21(20)29)22(24(31)18-10-9-15-30-17-18)25(32)27(33-4)13-7-6-8-14-27/h9-12,15-17,22-24,31H,5-8,13-14H2,1-4H3. The molecule has 3 rings (SSSR count). The minimum absolute atomic E-state index is 0.165. The summed E-state index contributed by atoms with van der Waals surface area (Å²) in [5.74, 6) is -2.16. The normalized spacial score (nSPS) is 19.0. The van der Waals surface area contributed by atoms with E-state index in [-0.39, 0.29) is 5.78 Å². The second kappa shape index (κ2) is 10.6. The van der Waals surface area contributed by atoms with Gasteiger partial charge in [-0.1, -0.05) is 70.2 Å². The number of halogens is 2. The average molecular weight is 476 g/mol. The molecule has 180 valence electrons. The van der Waals surface area contributed by atoms with Gasteiger partial charge in [0.1, 0.15) is 11.4 Å². The van der Waals surface area contributed by atoms with E-state index in [0.29, 0.717) is 35.4 Å². The van der Waals surface area contributed by atoms with Gasteiger partial charge in [-0.15, -0.1) is 0 Å². The van der Waals surface area contributed by atoms with Crippen molar-refractivity contribution in [3.05, 3.63) is 64.7 Å². The van der Waals surface area contributed by atoms with Crippen LogP contribution in [0.25, 0.3) is 0 Å². The first-order valence-corrected chi connectivity index (χ1v) is 12.2. The molecular formula is C27H35ClFNO3. The Kier molecular flexibility index (Phi) is 8.31. The molecule has 0 bridgehead atoms. The van der Waals surface area contributed by atoms with Crippen molar-refractivity contribution in [2.45, 2.75) is 76.9 Å². The molecule has 6 heteroatoms. The molecule has 4 nitrogen and oxygen atoms in total. The quantitative estimate of drug-likeness (QED) is 0.440. The van der Waals surface area contributed by atoms with E-state index in [4.69, 9.17) is 16.3 Å². The molecule has 3 atom stereocenters. The van der Waals surface area contributed by atoms with Gasteiger partial charge >= 0.3 is 0 Å². The lowest BCUT2D eigenvalue weighted by Gasteiger charge is -2.45. The molecule has 0 radical (unpaired) electrons. The second-order valence-corrected chi connectivity index (χ2v) is 10.3. The smallest absolute Gasteiger partial charge is 0.171 e. The number of hydrogen-bond acceptors (Lipinski definition) is 4. The molecule has 1 saturated carbocycles. The van der Waals surface area contributed by atoms with E-state index in [0.717, 1.165) is 19.3 Å². The number of methoxy groups -OCH3 is 1. The van der Waals surface area contributed by atoms with E-state index in [2.05, 4.69) is 4.98 Å². The minimum atomic E-state index is -1.16. The molecule has 2 aromatic rings. The molecule has 3 unspecified atom stereocenters. The van der Waals surface area contributed by atoms with Crippen molar-refractivity contribution in [1.82, 2.24) is 4.98 Å². The number of hydrogen-bond donors (Lipinski definition) is 1. The number of pyridine rings is 1. The van der Waals surface area contributed by atoms with Crippen LogP contribution in [0, 0.1) is 17.2 Å². The molecular weight excluding hydrogens is 441 g/mol. The first-order valence-electron chi connectivity index (χ1n) is 11.8. The molecule has 1 aliphatic carbocycles. The lowest BCUT2D eigenvalue weighted by molar-refractivity contribution is -0.156. The molecule has 1 aromatic heterocycles. The highest BCUT2D eigenvalue weighted by Gasteiger charge is 2.51. The first-order chi connectivity index (χ1) is 15.7. The lowest BCUT2D eigenvalue weighted by Crippen LogP contribution is -2.50. The van der Waals surface area contributed by atoms with Gasteiger partial charge in [0.05, 0.1) is 12.0 Å². The highest BCUT2D eigenvalue weighted by atomic mass is 35.5. The van der Waals surface area contributed by atoms with Crippen LogP contribution in [-0.4, -0.2) is 28.6 Å². The maximum atomic E-state index is 15.4. The third-order valence-electron chi connectivity index (χ3n) is 7.58. The summed E-state index contributed by atoms with van der Waals surface area (Å²) in [7, 11) is 1.57. The molecule has 0 amide bonds. The Morgan fingerprint density at radius 2 is 1.97 bits per heavy atom. The number of benzene rings is 1. The summed E-state index contributed by atoms with van der Waals surface area (Å²) in [4.78, 5) is 18.5. The van der Waals surface area contributed by atoms with E-state index in [1.54, 1.807) is 43.8 Å². The molecule has 0 spiro atoms. The molecule has 33 heavy (non-hydrogen) atoms. The van der Waals surface area contributed by atoms with Crippen LogP contribution < -0.4 is 0 Å². The predicted octanol–water partition coefficient (Wildman–Crippen LogP) is 6.66. The van der Waals surface area contributed by atoms with Gasteiger partial charge in [-0.2, -0.15) is 0 Å². The highest BCUT2D eigenvalue weighted by molar-refractivity contribution is 6.30. The summed E-state index contributed by atoms with van der Waals surface area (Å²) in [6.07, 6.45) is 6.72. The van der Waals surface area contributed by atoms with Crippen molar-refractivity contribution in [3.8, 4) is 0 Å². The van der Waals surface area contributed by atoms with E-state index in [1.165, 1.54) is 6.07 Å². The van der Waals surface area contributed by atoms with Crippen molar-refractivity contribution in [1.29, 1.82) is 0 Å². The van der Waals surface area contributed by atoms with Gasteiger partial charge < -0.3 is 9.84 Å². The predicted molar refractivity (Wildman–Crippen MR) is 129 cm³/mol. The molecule has 1 aromatic carbocycles. The monoisotopic (exact) mass is 475 g/mol. The fourth-order valence-electron chi connectivity index (χ4n) is 5.29. The topological polar surface area (TPSA) is 59.4 Å². The zero-order valence-electron chi connectivity index (χ0n) is 20.0. The van der Waals surface area contributed by atoms with Crippen molar-refractivity contribution >= 4 is 17.4 Å². The number of aliphatic hydroxyl groups is 1. The lowest BCUT2D eigenvalue weighted by atomic mass is 9.61. The van der Waals surface area contributed by atoms with Crippen molar-refractivity contribution in [3.63, 3.8) is 0 Å². The number of nitrogens with zero attached hydrogens (tertiary/aromatic N) is 1. The number of ketones is 1. The largest absolute Gasteiger partial charge is 0.388 e. The number of carbonyl (C=O) groups is 1. The van der Waals surface area contributed by atoms with Crippen LogP contribution in [0.15, 0.2) is 42.7 Å². The molecule has 0 aliphatic heterocycles. The summed E-state index contributed by atoms with van der Waals surface area (Å²) in [6, 6.07) is 8.06. The Morgan fingerprint density at radius 1 is 1.27 bits per heavy atom. The summed E-state index contributed by atoms with van der Waals surface area (Å²) < 4.78 is 21.3. The summed E-state index contributed by atoms with van der Waals surface area (Å²) >= 11 is 6.05. The zero-order chi connectivity index (χ0) is 24.2. The maximum absolute atomic E-state index is 15.4. The van der Waals surface area contributed by atoms with Crippen LogP contribution in [0.4, 0.5) is 4.39 Å². The molecule has 1 N–H and O–H groups in total. The molecule has 1 aliphatic rings. The highest BCUT2D eigenvalue weighted by Crippen LogP contribution is 2.51. The zero-order valence-corrected chi connectivity index (χ0v) is 20.7. The average Bonchev–Trinajstić information content (AvgIpc) is 2.83. The van der Waals surface area contributed by atoms with E-state index in [1.807, 2.05) is 20.8 Å². The van der Waals surface area contributed by atoms with E-state index >= 15 is 4.39 Å². The van der Waals surface area contributed by atoms with Crippen molar-refractivity contribution in [2.75, 3.05) is 7.11 Å². The Hall–Kier alpha value is -1.82. The first kappa shape index (κ1) is 25.8. The minimum Gasteiger partial charge on any atom is -0.388 e. The number of Topliss-reactive ketones (excluding diaryl/α,β-unsaturated/α-hetero) is 1. The van der Waals surface area contributed by atoms with Crippen LogP contribution in [0.2, 0.25) is 5.02 Å². The van der Waals surface area contributed by atoms with Crippen molar-refractivity contribution in [2.24, 2.45) is 11.3 Å². The van der Waals surface area contributed by atoms with E-state index < -0.39 is 34.8 Å². The van der Waals surface area contributed by atoms with Gasteiger partial charge in [0.25, 0.3) is 0 Å². The van der Waals surface area contributed by atoms with Gasteiger partial charge in [0.2, 0.25) is 0 Å². The van der Waals surface area contributed by atoms with Crippen LogP contribution in [0.5, 0.6) is 0 Å². The molecule has 1 heterocycles. The molecule has 1 fully saturated rings. The van der Waals surface area contributed by atoms with Gasteiger partial charge in [-0.25, -0.2) is 4.39 Å². The number of carbonyl (C=O) groups excluding carboxylic acids is 1.